The summed E-state index contributed by atoms with van der Waals surface area (Å²) in [5, 5.41) is 2.18. The highest BCUT2D eigenvalue weighted by molar-refractivity contribution is 5.94. The van der Waals surface area contributed by atoms with Crippen molar-refractivity contribution in [1.29, 1.82) is 0 Å². The van der Waals surface area contributed by atoms with E-state index in [4.69, 9.17) is 0 Å². The number of nitrogens with zero attached hydrogens (tertiary/aromatic N) is 1. The van der Waals surface area contributed by atoms with Crippen LogP contribution in [-0.4, -0.2) is 29.8 Å². The zero-order valence-electron chi connectivity index (χ0n) is 14.2. The maximum atomic E-state index is 13.6. The lowest BCUT2D eigenvalue weighted by atomic mass is 10.0. The molecule has 0 aliphatic heterocycles. The van der Waals surface area contributed by atoms with Crippen molar-refractivity contribution in [1.82, 2.24) is 4.90 Å². The summed E-state index contributed by atoms with van der Waals surface area (Å²) in [7, 11) is 0. The molecule has 0 bridgehead atoms. The lowest BCUT2D eigenvalue weighted by Crippen LogP contribution is -2.41. The predicted octanol–water partition coefficient (Wildman–Crippen LogP) is 3.72. The summed E-state index contributed by atoms with van der Waals surface area (Å²) in [5.74, 6) is -5.47. The van der Waals surface area contributed by atoms with Gasteiger partial charge in [-0.2, -0.15) is 0 Å². The molecule has 1 aromatic rings. The molecule has 2 amide bonds. The van der Waals surface area contributed by atoms with Gasteiger partial charge in [0.25, 0.3) is 0 Å². The van der Waals surface area contributed by atoms with E-state index in [1.54, 1.807) is 6.92 Å². The SMILES string of the molecule is CCC[C@H](C)C(=O)N(CCC)CC(=O)Nc1ccc(F)c(F)c1F. The van der Waals surface area contributed by atoms with E-state index in [1.807, 2.05) is 13.8 Å². The Morgan fingerprint density at radius 2 is 1.79 bits per heavy atom. The van der Waals surface area contributed by atoms with Crippen LogP contribution in [0, 0.1) is 23.4 Å². The number of halogens is 3. The van der Waals surface area contributed by atoms with Crippen LogP contribution in [0.4, 0.5) is 18.9 Å². The van der Waals surface area contributed by atoms with E-state index in [2.05, 4.69) is 5.32 Å². The van der Waals surface area contributed by atoms with E-state index in [1.165, 1.54) is 4.90 Å². The molecular weight excluding hydrogens is 321 g/mol. The first-order valence-electron chi connectivity index (χ1n) is 8.03. The second-order valence-corrected chi connectivity index (χ2v) is 5.72. The van der Waals surface area contributed by atoms with E-state index in [0.717, 1.165) is 18.6 Å². The monoisotopic (exact) mass is 344 g/mol. The Balaban J connectivity index is 2.79. The second-order valence-electron chi connectivity index (χ2n) is 5.72. The van der Waals surface area contributed by atoms with Crippen molar-refractivity contribution in [3.8, 4) is 0 Å². The van der Waals surface area contributed by atoms with Crippen molar-refractivity contribution in [3.05, 3.63) is 29.6 Å². The Labute approximate surface area is 140 Å². The summed E-state index contributed by atoms with van der Waals surface area (Å²) in [6.45, 7) is 5.76. The molecule has 0 fully saturated rings. The number of benzene rings is 1. The number of hydrogen-bond acceptors (Lipinski definition) is 2. The van der Waals surface area contributed by atoms with E-state index >= 15 is 0 Å². The molecule has 24 heavy (non-hydrogen) atoms. The largest absolute Gasteiger partial charge is 0.333 e. The fraction of sp³-hybridized carbons (Fsp3) is 0.529. The van der Waals surface area contributed by atoms with Crippen molar-refractivity contribution in [3.63, 3.8) is 0 Å². The number of carbonyl (C=O) groups is 2. The van der Waals surface area contributed by atoms with Gasteiger partial charge < -0.3 is 10.2 Å². The summed E-state index contributed by atoms with van der Waals surface area (Å²) in [5.41, 5.74) is -0.454. The van der Waals surface area contributed by atoms with Crippen molar-refractivity contribution in [2.45, 2.75) is 40.0 Å². The van der Waals surface area contributed by atoms with Gasteiger partial charge in [-0.05, 0) is 25.0 Å². The highest BCUT2D eigenvalue weighted by Crippen LogP contribution is 2.19. The highest BCUT2D eigenvalue weighted by Gasteiger charge is 2.22. The number of hydrogen-bond donors (Lipinski definition) is 1. The summed E-state index contributed by atoms with van der Waals surface area (Å²) < 4.78 is 39.7. The van der Waals surface area contributed by atoms with Crippen LogP contribution in [0.1, 0.15) is 40.0 Å². The summed E-state index contributed by atoms with van der Waals surface area (Å²) in [6, 6.07) is 1.67. The van der Waals surface area contributed by atoms with Gasteiger partial charge in [-0.15, -0.1) is 0 Å². The molecule has 0 aliphatic carbocycles. The minimum absolute atomic E-state index is 0.153. The van der Waals surface area contributed by atoms with Crippen LogP contribution in [0.15, 0.2) is 12.1 Å². The van der Waals surface area contributed by atoms with Gasteiger partial charge in [0.1, 0.15) is 0 Å². The molecule has 0 saturated carbocycles. The van der Waals surface area contributed by atoms with Crippen LogP contribution in [0.5, 0.6) is 0 Å². The molecule has 0 heterocycles. The molecule has 0 saturated heterocycles. The molecule has 1 N–H and O–H groups in total. The number of amides is 2. The molecule has 1 atom stereocenters. The van der Waals surface area contributed by atoms with Crippen molar-refractivity contribution < 1.29 is 22.8 Å². The first-order valence-corrected chi connectivity index (χ1v) is 8.03. The molecule has 0 unspecified atom stereocenters. The Hall–Kier alpha value is -2.05. The average molecular weight is 344 g/mol. The van der Waals surface area contributed by atoms with Gasteiger partial charge in [0.15, 0.2) is 17.5 Å². The van der Waals surface area contributed by atoms with Crippen LogP contribution in [-0.2, 0) is 9.59 Å². The maximum Gasteiger partial charge on any atom is 0.244 e. The zero-order chi connectivity index (χ0) is 18.3. The summed E-state index contributed by atoms with van der Waals surface area (Å²) in [4.78, 5) is 25.8. The van der Waals surface area contributed by atoms with Crippen LogP contribution < -0.4 is 5.32 Å². The smallest absolute Gasteiger partial charge is 0.244 e. The standard InChI is InChI=1S/C17H23F3N2O2/c1-4-6-11(3)17(24)22(9-5-2)10-14(23)21-13-8-7-12(18)15(19)16(13)20/h7-8,11H,4-6,9-10H2,1-3H3,(H,21,23)/t11-/m0/s1. The number of anilines is 1. The highest BCUT2D eigenvalue weighted by atomic mass is 19.2. The molecule has 0 aliphatic rings. The fourth-order valence-corrected chi connectivity index (χ4v) is 2.39. The number of rotatable bonds is 8. The van der Waals surface area contributed by atoms with Crippen molar-refractivity contribution in [2.24, 2.45) is 5.92 Å². The topological polar surface area (TPSA) is 49.4 Å². The Kier molecular flexibility index (Phi) is 7.74. The first-order chi connectivity index (χ1) is 11.3. The van der Waals surface area contributed by atoms with E-state index in [-0.39, 0.29) is 18.4 Å². The molecule has 0 radical (unpaired) electrons. The van der Waals surface area contributed by atoms with Crippen LogP contribution >= 0.6 is 0 Å². The lowest BCUT2D eigenvalue weighted by molar-refractivity contribution is -0.138. The lowest BCUT2D eigenvalue weighted by Gasteiger charge is -2.25. The number of nitrogens with one attached hydrogen (secondary N) is 1. The van der Waals surface area contributed by atoms with Gasteiger partial charge >= 0.3 is 0 Å². The van der Waals surface area contributed by atoms with Crippen molar-refractivity contribution in [2.75, 3.05) is 18.4 Å². The van der Waals surface area contributed by atoms with Gasteiger partial charge in [-0.1, -0.05) is 27.2 Å². The fourth-order valence-electron chi connectivity index (χ4n) is 2.39. The molecule has 134 valence electrons. The van der Waals surface area contributed by atoms with E-state index in [9.17, 15) is 22.8 Å². The summed E-state index contributed by atoms with van der Waals surface area (Å²) >= 11 is 0. The van der Waals surface area contributed by atoms with E-state index < -0.39 is 29.0 Å². The minimum Gasteiger partial charge on any atom is -0.333 e. The van der Waals surface area contributed by atoms with E-state index in [0.29, 0.717) is 19.4 Å². The Bertz CT molecular complexity index is 593. The zero-order valence-corrected chi connectivity index (χ0v) is 14.2. The van der Waals surface area contributed by atoms with Crippen LogP contribution in [0.25, 0.3) is 0 Å². The normalized spacial score (nSPS) is 11.9. The van der Waals surface area contributed by atoms with Gasteiger partial charge in [-0.3, -0.25) is 9.59 Å². The number of carbonyl (C=O) groups excluding carboxylic acids is 2. The van der Waals surface area contributed by atoms with Gasteiger partial charge in [0, 0.05) is 12.5 Å². The third kappa shape index (κ3) is 5.25. The molecule has 7 heteroatoms. The predicted molar refractivity (Wildman–Crippen MR) is 85.9 cm³/mol. The molecule has 1 aromatic carbocycles. The van der Waals surface area contributed by atoms with Gasteiger partial charge in [-0.25, -0.2) is 13.2 Å². The third-order valence-electron chi connectivity index (χ3n) is 3.59. The Morgan fingerprint density at radius 3 is 2.38 bits per heavy atom. The van der Waals surface area contributed by atoms with Crippen LogP contribution in [0.3, 0.4) is 0 Å². The van der Waals surface area contributed by atoms with Gasteiger partial charge in [0.05, 0.1) is 12.2 Å². The first kappa shape index (κ1) is 20.0. The maximum absolute atomic E-state index is 13.6. The van der Waals surface area contributed by atoms with Crippen LogP contribution in [0.2, 0.25) is 0 Å². The minimum atomic E-state index is -1.65. The quantitative estimate of drug-likeness (QED) is 0.731. The Morgan fingerprint density at radius 1 is 1.12 bits per heavy atom. The molecule has 4 nitrogen and oxygen atoms in total. The molecule has 0 aromatic heterocycles. The average Bonchev–Trinajstić information content (AvgIpc) is 2.54. The molecular formula is C17H23F3N2O2. The summed E-state index contributed by atoms with van der Waals surface area (Å²) in [6.07, 6.45) is 2.22. The molecule has 0 spiro atoms. The second kappa shape index (κ2) is 9.30. The van der Waals surface area contributed by atoms with Gasteiger partial charge in [0.2, 0.25) is 11.8 Å². The third-order valence-corrected chi connectivity index (χ3v) is 3.59. The van der Waals surface area contributed by atoms with Crippen molar-refractivity contribution >= 4 is 17.5 Å². The molecule has 1 rings (SSSR count).